The maximum atomic E-state index is 6.25. The minimum atomic E-state index is 0.783. The van der Waals surface area contributed by atoms with Crippen molar-refractivity contribution in [2.45, 2.75) is 0 Å². The maximum absolute atomic E-state index is 6.25. The third kappa shape index (κ3) is 1.30. The zero-order valence-electron chi connectivity index (χ0n) is 9.35. The summed E-state index contributed by atoms with van der Waals surface area (Å²) in [5.41, 5.74) is 1.01. The quantitative estimate of drug-likeness (QED) is 0.424. The SMILES string of the molecule is Clc1ccnc2c1sc1c3ccccc3ccc21. The van der Waals surface area contributed by atoms with Gasteiger partial charge in [-0.1, -0.05) is 48.0 Å². The number of hydrogen-bond acceptors (Lipinski definition) is 2. The molecule has 0 bridgehead atoms. The van der Waals surface area contributed by atoms with Crippen LogP contribution in [0.4, 0.5) is 0 Å². The predicted octanol–water partition coefficient (Wildman–Crippen LogP) is 5.26. The largest absolute Gasteiger partial charge is 0.255 e. The monoisotopic (exact) mass is 269 g/mol. The van der Waals surface area contributed by atoms with Crippen LogP contribution in [-0.4, -0.2) is 4.98 Å². The Kier molecular flexibility index (Phi) is 2.10. The van der Waals surface area contributed by atoms with Crippen LogP contribution in [0.5, 0.6) is 0 Å². The highest BCUT2D eigenvalue weighted by molar-refractivity contribution is 7.27. The van der Waals surface area contributed by atoms with Crippen molar-refractivity contribution >= 4 is 54.0 Å². The smallest absolute Gasteiger partial charge is 0.0903 e. The predicted molar refractivity (Wildman–Crippen MR) is 79.6 cm³/mol. The standard InChI is InChI=1S/C15H8ClNS/c16-12-7-8-17-13-11-6-5-9-3-1-2-4-10(9)14(11)18-15(12)13/h1-8H. The lowest BCUT2D eigenvalue weighted by atomic mass is 10.1. The zero-order valence-corrected chi connectivity index (χ0v) is 10.9. The van der Waals surface area contributed by atoms with Gasteiger partial charge >= 0.3 is 0 Å². The summed E-state index contributed by atoms with van der Waals surface area (Å²) >= 11 is 7.97. The molecule has 4 rings (SSSR count). The van der Waals surface area contributed by atoms with Gasteiger partial charge in [-0.2, -0.15) is 0 Å². The molecule has 0 aliphatic carbocycles. The van der Waals surface area contributed by atoms with E-state index < -0.39 is 0 Å². The van der Waals surface area contributed by atoms with E-state index in [1.165, 1.54) is 20.9 Å². The second-order valence-corrected chi connectivity index (χ2v) is 5.66. The first kappa shape index (κ1) is 10.3. The lowest BCUT2D eigenvalue weighted by Crippen LogP contribution is -1.74. The number of benzene rings is 2. The number of halogens is 1. The molecule has 0 aliphatic heterocycles. The van der Waals surface area contributed by atoms with Gasteiger partial charge < -0.3 is 0 Å². The first-order chi connectivity index (χ1) is 8.84. The Bertz CT molecular complexity index is 895. The van der Waals surface area contributed by atoms with Gasteiger partial charge in [-0.05, 0) is 16.8 Å². The number of hydrogen-bond donors (Lipinski definition) is 0. The van der Waals surface area contributed by atoms with Crippen molar-refractivity contribution in [1.29, 1.82) is 0 Å². The van der Waals surface area contributed by atoms with Crippen LogP contribution in [0, 0.1) is 0 Å². The first-order valence-corrected chi connectivity index (χ1v) is 6.88. The van der Waals surface area contributed by atoms with Crippen LogP contribution in [0.25, 0.3) is 31.1 Å². The summed E-state index contributed by atoms with van der Waals surface area (Å²) in [5.74, 6) is 0. The van der Waals surface area contributed by atoms with Crippen LogP contribution in [0.2, 0.25) is 5.02 Å². The van der Waals surface area contributed by atoms with Crippen LogP contribution < -0.4 is 0 Å². The molecule has 0 radical (unpaired) electrons. The molecule has 0 spiro atoms. The molecule has 0 amide bonds. The fraction of sp³-hybridized carbons (Fsp3) is 0. The maximum Gasteiger partial charge on any atom is 0.0903 e. The van der Waals surface area contributed by atoms with Crippen molar-refractivity contribution in [3.8, 4) is 0 Å². The van der Waals surface area contributed by atoms with Gasteiger partial charge in [0.05, 0.1) is 15.2 Å². The van der Waals surface area contributed by atoms with E-state index in [-0.39, 0.29) is 0 Å². The molecule has 0 N–H and O–H groups in total. The van der Waals surface area contributed by atoms with Gasteiger partial charge in [-0.25, -0.2) is 0 Å². The summed E-state index contributed by atoms with van der Waals surface area (Å²) in [4.78, 5) is 4.46. The fourth-order valence-electron chi connectivity index (χ4n) is 2.36. The molecule has 1 nitrogen and oxygen atoms in total. The second-order valence-electron chi connectivity index (χ2n) is 4.24. The highest BCUT2D eigenvalue weighted by Gasteiger charge is 2.10. The summed E-state index contributed by atoms with van der Waals surface area (Å²) < 4.78 is 2.34. The number of rotatable bonds is 0. The van der Waals surface area contributed by atoms with Crippen LogP contribution >= 0.6 is 22.9 Å². The van der Waals surface area contributed by atoms with Crippen molar-refractivity contribution in [1.82, 2.24) is 4.98 Å². The van der Waals surface area contributed by atoms with Crippen molar-refractivity contribution < 1.29 is 0 Å². The zero-order chi connectivity index (χ0) is 12.1. The van der Waals surface area contributed by atoms with E-state index in [4.69, 9.17) is 11.6 Å². The van der Waals surface area contributed by atoms with E-state index in [1.807, 2.05) is 6.07 Å². The number of aromatic nitrogens is 1. The van der Waals surface area contributed by atoms with Crippen LogP contribution in [0.3, 0.4) is 0 Å². The van der Waals surface area contributed by atoms with Crippen LogP contribution in [0.1, 0.15) is 0 Å². The van der Waals surface area contributed by atoms with E-state index in [1.54, 1.807) is 17.5 Å². The summed E-state index contributed by atoms with van der Waals surface area (Å²) in [7, 11) is 0. The Morgan fingerprint density at radius 3 is 2.72 bits per heavy atom. The topological polar surface area (TPSA) is 12.9 Å². The Balaban J connectivity index is 2.33. The van der Waals surface area contributed by atoms with Crippen molar-refractivity contribution in [3.63, 3.8) is 0 Å². The van der Waals surface area contributed by atoms with Gasteiger partial charge in [0.1, 0.15) is 0 Å². The molecule has 0 saturated heterocycles. The normalized spacial score (nSPS) is 11.6. The molecule has 2 aromatic heterocycles. The third-order valence-electron chi connectivity index (χ3n) is 3.20. The number of nitrogens with zero attached hydrogens (tertiary/aromatic N) is 1. The third-order valence-corrected chi connectivity index (χ3v) is 4.88. The molecule has 0 atom stereocenters. The molecule has 0 unspecified atom stereocenters. The Morgan fingerprint density at radius 2 is 1.78 bits per heavy atom. The molecule has 2 aromatic carbocycles. The van der Waals surface area contributed by atoms with E-state index in [0.717, 1.165) is 15.2 Å². The molecule has 0 aliphatic rings. The van der Waals surface area contributed by atoms with Crippen LogP contribution in [-0.2, 0) is 0 Å². The van der Waals surface area contributed by atoms with Crippen molar-refractivity contribution in [2.24, 2.45) is 0 Å². The molecule has 86 valence electrons. The van der Waals surface area contributed by atoms with E-state index in [2.05, 4.69) is 41.4 Å². The van der Waals surface area contributed by atoms with Gasteiger partial charge in [-0.3, -0.25) is 4.98 Å². The molecule has 2 heterocycles. The summed E-state index contributed by atoms with van der Waals surface area (Å²) in [5, 5.41) is 4.50. The van der Waals surface area contributed by atoms with Gasteiger partial charge in [-0.15, -0.1) is 11.3 Å². The highest BCUT2D eigenvalue weighted by atomic mass is 35.5. The number of thiophene rings is 1. The molecule has 3 heteroatoms. The summed E-state index contributed by atoms with van der Waals surface area (Å²) in [6, 6.07) is 14.6. The van der Waals surface area contributed by atoms with Gasteiger partial charge in [0, 0.05) is 16.3 Å². The fourth-order valence-corrected chi connectivity index (χ4v) is 3.82. The Labute approximate surface area is 113 Å². The molecule has 18 heavy (non-hydrogen) atoms. The molecule has 0 saturated carbocycles. The van der Waals surface area contributed by atoms with Gasteiger partial charge in [0.2, 0.25) is 0 Å². The minimum Gasteiger partial charge on any atom is -0.255 e. The number of fused-ring (bicyclic) bond motifs is 5. The van der Waals surface area contributed by atoms with Crippen molar-refractivity contribution in [3.05, 3.63) is 53.7 Å². The van der Waals surface area contributed by atoms with E-state index >= 15 is 0 Å². The average Bonchev–Trinajstić information content (AvgIpc) is 2.79. The first-order valence-electron chi connectivity index (χ1n) is 5.69. The van der Waals surface area contributed by atoms with E-state index in [0.29, 0.717) is 0 Å². The van der Waals surface area contributed by atoms with Gasteiger partial charge in [0.15, 0.2) is 0 Å². The van der Waals surface area contributed by atoms with Crippen LogP contribution in [0.15, 0.2) is 48.7 Å². The molecular weight excluding hydrogens is 262 g/mol. The summed E-state index contributed by atoms with van der Waals surface area (Å²) in [6.07, 6.45) is 1.77. The van der Waals surface area contributed by atoms with Gasteiger partial charge in [0.25, 0.3) is 0 Å². The number of pyridine rings is 1. The average molecular weight is 270 g/mol. The second kappa shape index (κ2) is 3.67. The van der Waals surface area contributed by atoms with Crippen molar-refractivity contribution in [2.75, 3.05) is 0 Å². The lowest BCUT2D eigenvalue weighted by Gasteiger charge is -1.98. The lowest BCUT2D eigenvalue weighted by molar-refractivity contribution is 1.44. The molecule has 0 fully saturated rings. The molecule has 4 aromatic rings. The minimum absolute atomic E-state index is 0.783. The highest BCUT2D eigenvalue weighted by Crippen LogP contribution is 2.39. The Hall–Kier alpha value is -1.64. The van der Waals surface area contributed by atoms with E-state index in [9.17, 15) is 0 Å². The molecular formula is C15H8ClNS. The summed E-state index contributed by atoms with van der Waals surface area (Å²) in [6.45, 7) is 0. The Morgan fingerprint density at radius 1 is 0.889 bits per heavy atom.